The van der Waals surface area contributed by atoms with E-state index in [2.05, 4.69) is 82.8 Å². The number of aromatic nitrogens is 3. The lowest BCUT2D eigenvalue weighted by atomic mass is 10.0. The SMILES string of the molecule is COc1ccc(-c2nn(CN3CCN(c4ccccc4)CC3)c(=S)n2-c2ccccc2C(C)C)cc1. The van der Waals surface area contributed by atoms with Crippen LogP contribution in [0.15, 0.2) is 78.9 Å². The zero-order chi connectivity index (χ0) is 25.1. The van der Waals surface area contributed by atoms with Gasteiger partial charge in [-0.3, -0.25) is 9.47 Å². The topological polar surface area (TPSA) is 38.5 Å². The molecule has 1 aliphatic rings. The summed E-state index contributed by atoms with van der Waals surface area (Å²) >= 11 is 6.06. The van der Waals surface area contributed by atoms with Crippen LogP contribution in [0.4, 0.5) is 5.69 Å². The van der Waals surface area contributed by atoms with Gasteiger partial charge in [0.15, 0.2) is 5.82 Å². The van der Waals surface area contributed by atoms with Gasteiger partial charge in [0.1, 0.15) is 5.75 Å². The molecule has 0 bridgehead atoms. The quantitative estimate of drug-likeness (QED) is 0.292. The highest BCUT2D eigenvalue weighted by Crippen LogP contribution is 2.29. The van der Waals surface area contributed by atoms with Gasteiger partial charge in [-0.1, -0.05) is 50.2 Å². The number of benzene rings is 3. The molecule has 4 aromatic rings. The summed E-state index contributed by atoms with van der Waals surface area (Å²) in [4.78, 5) is 4.87. The molecule has 0 amide bonds. The van der Waals surface area contributed by atoms with Crippen LogP contribution in [0.2, 0.25) is 0 Å². The van der Waals surface area contributed by atoms with Crippen LogP contribution in [0.5, 0.6) is 5.75 Å². The van der Waals surface area contributed by atoms with Crippen molar-refractivity contribution in [1.29, 1.82) is 0 Å². The third-order valence-corrected chi connectivity index (χ3v) is 7.21. The van der Waals surface area contributed by atoms with Crippen LogP contribution < -0.4 is 9.64 Å². The molecule has 6 nitrogen and oxygen atoms in total. The Labute approximate surface area is 218 Å². The predicted octanol–water partition coefficient (Wildman–Crippen LogP) is 5.98. The highest BCUT2D eigenvalue weighted by atomic mass is 32.1. The van der Waals surface area contributed by atoms with Crippen molar-refractivity contribution in [2.24, 2.45) is 0 Å². The zero-order valence-corrected chi connectivity index (χ0v) is 22.0. The molecule has 1 aromatic heterocycles. The lowest BCUT2D eigenvalue weighted by Crippen LogP contribution is -2.47. The maximum atomic E-state index is 6.06. The van der Waals surface area contributed by atoms with Crippen molar-refractivity contribution in [3.8, 4) is 22.8 Å². The summed E-state index contributed by atoms with van der Waals surface area (Å²) in [6, 6.07) is 27.2. The van der Waals surface area contributed by atoms with Crippen LogP contribution >= 0.6 is 12.2 Å². The third-order valence-electron chi connectivity index (χ3n) is 6.81. The first-order valence-electron chi connectivity index (χ1n) is 12.5. The number of piperazine rings is 1. The largest absolute Gasteiger partial charge is 0.497 e. The van der Waals surface area contributed by atoms with Crippen molar-refractivity contribution in [2.45, 2.75) is 26.4 Å². The summed E-state index contributed by atoms with van der Waals surface area (Å²) in [7, 11) is 1.68. The predicted molar refractivity (Wildman–Crippen MR) is 149 cm³/mol. The summed E-state index contributed by atoms with van der Waals surface area (Å²) in [5.74, 6) is 2.03. The van der Waals surface area contributed by atoms with Crippen molar-refractivity contribution in [1.82, 2.24) is 19.2 Å². The Balaban J connectivity index is 1.47. The lowest BCUT2D eigenvalue weighted by molar-refractivity contribution is 0.194. The van der Waals surface area contributed by atoms with Crippen molar-refractivity contribution in [3.05, 3.63) is 89.2 Å². The molecular weight excluding hydrogens is 466 g/mol. The molecule has 0 atom stereocenters. The Morgan fingerprint density at radius 3 is 2.19 bits per heavy atom. The van der Waals surface area contributed by atoms with Crippen LogP contribution in [0, 0.1) is 4.77 Å². The zero-order valence-electron chi connectivity index (χ0n) is 21.2. The van der Waals surface area contributed by atoms with Crippen LogP contribution in [0.3, 0.4) is 0 Å². The first kappa shape index (κ1) is 24.3. The average molecular weight is 500 g/mol. The Hall–Kier alpha value is -3.42. The van der Waals surface area contributed by atoms with Crippen molar-refractivity contribution >= 4 is 17.9 Å². The number of methoxy groups -OCH3 is 1. The Bertz CT molecular complexity index is 1350. The van der Waals surface area contributed by atoms with E-state index in [4.69, 9.17) is 22.1 Å². The fourth-order valence-corrected chi connectivity index (χ4v) is 5.08. The minimum atomic E-state index is 0.362. The molecule has 0 radical (unpaired) electrons. The van der Waals surface area contributed by atoms with E-state index in [1.165, 1.54) is 11.3 Å². The molecule has 1 aliphatic heterocycles. The van der Waals surface area contributed by atoms with Gasteiger partial charge < -0.3 is 9.64 Å². The first-order valence-corrected chi connectivity index (χ1v) is 12.9. The van der Waals surface area contributed by atoms with Crippen molar-refractivity contribution < 1.29 is 4.74 Å². The van der Waals surface area contributed by atoms with Gasteiger partial charge in [-0.15, -0.1) is 5.10 Å². The molecule has 1 saturated heterocycles. The molecule has 3 aromatic carbocycles. The van der Waals surface area contributed by atoms with E-state index < -0.39 is 0 Å². The van der Waals surface area contributed by atoms with E-state index >= 15 is 0 Å². The first-order chi connectivity index (χ1) is 17.5. The monoisotopic (exact) mass is 499 g/mol. The molecule has 0 aliphatic carbocycles. The number of hydrogen-bond donors (Lipinski definition) is 0. The second-order valence-electron chi connectivity index (χ2n) is 9.47. The fourth-order valence-electron chi connectivity index (χ4n) is 4.80. The summed E-state index contributed by atoms with van der Waals surface area (Å²) in [6.07, 6.45) is 0. The molecule has 1 fully saturated rings. The summed E-state index contributed by atoms with van der Waals surface area (Å²) in [5.41, 5.74) is 4.63. The van der Waals surface area contributed by atoms with E-state index in [1.807, 2.05) is 28.9 Å². The van der Waals surface area contributed by atoms with E-state index in [1.54, 1.807) is 7.11 Å². The van der Waals surface area contributed by atoms with Gasteiger partial charge in [0, 0.05) is 37.4 Å². The minimum absolute atomic E-state index is 0.362. The number of para-hydroxylation sites is 2. The summed E-state index contributed by atoms with van der Waals surface area (Å²) < 4.78 is 10.2. The molecular formula is C29H33N5OS. The normalized spacial score (nSPS) is 14.4. The molecule has 2 heterocycles. The molecule has 0 spiro atoms. The number of hydrogen-bond acceptors (Lipinski definition) is 5. The van der Waals surface area contributed by atoms with Crippen LogP contribution in [0.1, 0.15) is 25.3 Å². The van der Waals surface area contributed by atoms with Gasteiger partial charge in [-0.25, -0.2) is 4.68 Å². The molecule has 36 heavy (non-hydrogen) atoms. The number of rotatable bonds is 7. The Morgan fingerprint density at radius 2 is 1.53 bits per heavy atom. The van der Waals surface area contributed by atoms with E-state index in [-0.39, 0.29) is 0 Å². The molecule has 186 valence electrons. The summed E-state index contributed by atoms with van der Waals surface area (Å²) in [6.45, 7) is 8.99. The Kier molecular flexibility index (Phi) is 7.20. The van der Waals surface area contributed by atoms with Gasteiger partial charge in [0.25, 0.3) is 0 Å². The van der Waals surface area contributed by atoms with Crippen molar-refractivity contribution in [3.63, 3.8) is 0 Å². The number of ether oxygens (including phenoxy) is 1. The molecule has 0 saturated carbocycles. The number of anilines is 1. The second-order valence-corrected chi connectivity index (χ2v) is 9.83. The van der Waals surface area contributed by atoms with E-state index in [0.717, 1.165) is 49.0 Å². The number of nitrogens with zero attached hydrogens (tertiary/aromatic N) is 5. The van der Waals surface area contributed by atoms with Crippen LogP contribution in [-0.4, -0.2) is 52.5 Å². The lowest BCUT2D eigenvalue weighted by Gasteiger charge is -2.35. The van der Waals surface area contributed by atoms with E-state index in [0.29, 0.717) is 17.4 Å². The smallest absolute Gasteiger partial charge is 0.204 e. The van der Waals surface area contributed by atoms with Crippen molar-refractivity contribution in [2.75, 3.05) is 38.2 Å². The second kappa shape index (κ2) is 10.7. The van der Waals surface area contributed by atoms with Gasteiger partial charge in [0.05, 0.1) is 19.5 Å². The van der Waals surface area contributed by atoms with Crippen LogP contribution in [-0.2, 0) is 6.67 Å². The van der Waals surface area contributed by atoms with E-state index in [9.17, 15) is 0 Å². The van der Waals surface area contributed by atoms with Gasteiger partial charge in [-0.2, -0.15) is 0 Å². The standard InChI is InChI=1S/C29H33N5OS/c1-22(2)26-11-7-8-12-27(26)34-28(23-13-15-25(35-3)16-14-23)30-33(29(34)36)21-31-17-19-32(20-18-31)24-9-5-4-6-10-24/h4-16,22H,17-21H2,1-3H3. The fraction of sp³-hybridized carbons (Fsp3) is 0.310. The molecule has 0 unspecified atom stereocenters. The average Bonchev–Trinajstić information content (AvgIpc) is 3.25. The third kappa shape index (κ3) is 4.94. The van der Waals surface area contributed by atoms with Gasteiger partial charge in [-0.05, 0) is 66.2 Å². The maximum Gasteiger partial charge on any atom is 0.204 e. The molecule has 5 rings (SSSR count). The molecule has 7 heteroatoms. The maximum absolute atomic E-state index is 6.06. The molecule has 0 N–H and O–H groups in total. The highest BCUT2D eigenvalue weighted by Gasteiger charge is 2.22. The van der Waals surface area contributed by atoms with Crippen LogP contribution in [0.25, 0.3) is 17.1 Å². The highest BCUT2D eigenvalue weighted by molar-refractivity contribution is 7.71. The minimum Gasteiger partial charge on any atom is -0.497 e. The van der Waals surface area contributed by atoms with Gasteiger partial charge >= 0.3 is 0 Å². The summed E-state index contributed by atoms with van der Waals surface area (Å²) in [5, 5.41) is 5.06. The van der Waals surface area contributed by atoms with Gasteiger partial charge in [0.2, 0.25) is 4.77 Å². The Morgan fingerprint density at radius 1 is 0.861 bits per heavy atom.